The summed E-state index contributed by atoms with van der Waals surface area (Å²) in [5.74, 6) is 0.00262. The molecule has 1 aromatic carbocycles. The van der Waals surface area contributed by atoms with Crippen molar-refractivity contribution in [1.82, 2.24) is 9.88 Å². The maximum atomic E-state index is 12.2. The molecule has 0 unspecified atom stereocenters. The topological polar surface area (TPSA) is 33.2 Å². The van der Waals surface area contributed by atoms with Crippen LogP contribution in [0.5, 0.6) is 0 Å². The van der Waals surface area contributed by atoms with Crippen molar-refractivity contribution in [1.29, 1.82) is 0 Å². The molecule has 1 aromatic heterocycles. The third-order valence-corrected chi connectivity index (χ3v) is 3.41. The number of para-hydroxylation sites is 1. The fourth-order valence-corrected chi connectivity index (χ4v) is 2.19. The van der Waals surface area contributed by atoms with Gasteiger partial charge in [0.1, 0.15) is 0 Å². The monoisotopic (exact) mass is 276 g/mol. The smallest absolute Gasteiger partial charge is 0.255 e. The Kier molecular flexibility index (Phi) is 4.38. The van der Waals surface area contributed by atoms with Gasteiger partial charge in [-0.15, -0.1) is 0 Å². The molecular weight excluding hydrogens is 260 g/mol. The van der Waals surface area contributed by atoms with Crippen LogP contribution in [0.2, 0.25) is 5.02 Å². The highest BCUT2D eigenvalue weighted by molar-refractivity contribution is 6.35. The van der Waals surface area contributed by atoms with Crippen LogP contribution in [0.25, 0.3) is 10.9 Å². The molecule has 0 aliphatic rings. The van der Waals surface area contributed by atoms with E-state index in [2.05, 4.69) is 11.9 Å². The second kappa shape index (κ2) is 6.02. The summed E-state index contributed by atoms with van der Waals surface area (Å²) in [6, 6.07) is 7.42. The summed E-state index contributed by atoms with van der Waals surface area (Å²) in [6.45, 7) is 2.88. The number of pyridine rings is 1. The van der Waals surface area contributed by atoms with Crippen molar-refractivity contribution >= 4 is 28.4 Å². The van der Waals surface area contributed by atoms with Crippen LogP contribution in [0.3, 0.4) is 0 Å². The molecule has 0 N–H and O–H groups in total. The van der Waals surface area contributed by atoms with Gasteiger partial charge in [-0.05, 0) is 18.6 Å². The Morgan fingerprint density at radius 1 is 1.42 bits per heavy atom. The van der Waals surface area contributed by atoms with Crippen LogP contribution in [0.1, 0.15) is 30.1 Å². The number of amides is 1. The number of benzene rings is 1. The molecule has 0 bridgehead atoms. The zero-order valence-electron chi connectivity index (χ0n) is 11.2. The van der Waals surface area contributed by atoms with Crippen molar-refractivity contribution in [3.8, 4) is 0 Å². The zero-order chi connectivity index (χ0) is 13.8. The molecule has 0 saturated carbocycles. The van der Waals surface area contributed by atoms with E-state index >= 15 is 0 Å². The average molecular weight is 277 g/mol. The number of hydrogen-bond donors (Lipinski definition) is 0. The summed E-state index contributed by atoms with van der Waals surface area (Å²) >= 11 is 6.06. The second-order valence-corrected chi connectivity index (χ2v) is 5.02. The number of halogens is 1. The van der Waals surface area contributed by atoms with E-state index in [9.17, 15) is 4.79 Å². The normalized spacial score (nSPS) is 10.7. The summed E-state index contributed by atoms with van der Waals surface area (Å²) in [5, 5.41) is 1.50. The minimum Gasteiger partial charge on any atom is -0.342 e. The molecular formula is C15H17ClN2O. The number of unbranched alkanes of at least 4 members (excludes halogenated alkanes) is 1. The molecule has 2 rings (SSSR count). The van der Waals surface area contributed by atoms with Crippen molar-refractivity contribution in [2.75, 3.05) is 13.6 Å². The first kappa shape index (κ1) is 13.8. The quantitative estimate of drug-likeness (QED) is 0.852. The van der Waals surface area contributed by atoms with Gasteiger partial charge in [0.05, 0.1) is 16.1 Å². The Morgan fingerprint density at radius 2 is 2.21 bits per heavy atom. The van der Waals surface area contributed by atoms with Crippen LogP contribution in [0.15, 0.2) is 30.5 Å². The van der Waals surface area contributed by atoms with E-state index in [4.69, 9.17) is 11.6 Å². The van der Waals surface area contributed by atoms with Gasteiger partial charge in [0.15, 0.2) is 0 Å². The van der Waals surface area contributed by atoms with E-state index < -0.39 is 0 Å². The van der Waals surface area contributed by atoms with E-state index in [0.29, 0.717) is 10.6 Å². The van der Waals surface area contributed by atoms with Gasteiger partial charge in [-0.2, -0.15) is 0 Å². The lowest BCUT2D eigenvalue weighted by atomic mass is 10.1. The predicted molar refractivity (Wildman–Crippen MR) is 78.6 cm³/mol. The molecule has 0 aliphatic carbocycles. The number of aromatic nitrogens is 1. The van der Waals surface area contributed by atoms with Gasteiger partial charge in [0.25, 0.3) is 5.91 Å². The van der Waals surface area contributed by atoms with Crippen LogP contribution < -0.4 is 0 Å². The Labute approximate surface area is 118 Å². The maximum absolute atomic E-state index is 12.2. The van der Waals surface area contributed by atoms with E-state index in [1.54, 1.807) is 17.2 Å². The molecule has 1 amide bonds. The lowest BCUT2D eigenvalue weighted by Gasteiger charge is -2.16. The fourth-order valence-electron chi connectivity index (χ4n) is 1.96. The maximum Gasteiger partial charge on any atom is 0.255 e. The van der Waals surface area contributed by atoms with Crippen LogP contribution in [0, 0.1) is 0 Å². The molecule has 100 valence electrons. The zero-order valence-corrected chi connectivity index (χ0v) is 11.9. The van der Waals surface area contributed by atoms with Gasteiger partial charge in [-0.3, -0.25) is 9.78 Å². The fraction of sp³-hybridized carbons (Fsp3) is 0.333. The highest BCUT2D eigenvalue weighted by atomic mass is 35.5. The summed E-state index contributed by atoms with van der Waals surface area (Å²) in [5.41, 5.74) is 1.34. The van der Waals surface area contributed by atoms with Gasteiger partial charge in [0, 0.05) is 25.2 Å². The number of carbonyl (C=O) groups is 1. The summed E-state index contributed by atoms with van der Waals surface area (Å²) in [7, 11) is 1.82. The Balaban J connectivity index is 2.28. The van der Waals surface area contributed by atoms with Crippen LogP contribution in [-0.4, -0.2) is 29.4 Å². The number of nitrogens with zero attached hydrogens (tertiary/aromatic N) is 2. The van der Waals surface area contributed by atoms with Crippen molar-refractivity contribution in [2.45, 2.75) is 19.8 Å². The molecule has 0 aliphatic heterocycles. The molecule has 0 radical (unpaired) electrons. The summed E-state index contributed by atoms with van der Waals surface area (Å²) in [4.78, 5) is 18.3. The molecule has 0 saturated heterocycles. The first-order valence-corrected chi connectivity index (χ1v) is 6.81. The first-order chi connectivity index (χ1) is 9.13. The third kappa shape index (κ3) is 3.04. The number of hydrogen-bond acceptors (Lipinski definition) is 2. The summed E-state index contributed by atoms with van der Waals surface area (Å²) < 4.78 is 0. The lowest BCUT2D eigenvalue weighted by molar-refractivity contribution is 0.0793. The molecule has 0 spiro atoms. The van der Waals surface area contributed by atoms with E-state index in [-0.39, 0.29) is 5.91 Å². The standard InChI is InChI=1S/C15H17ClN2O/c1-3-4-8-18(2)15(19)12-9-11-6-5-7-13(16)14(11)17-10-12/h5-7,9-10H,3-4,8H2,1-2H3. The first-order valence-electron chi connectivity index (χ1n) is 6.43. The van der Waals surface area contributed by atoms with Crippen LogP contribution >= 0.6 is 11.6 Å². The molecule has 0 atom stereocenters. The van der Waals surface area contributed by atoms with E-state index in [1.807, 2.05) is 25.2 Å². The molecule has 2 aromatic rings. The Morgan fingerprint density at radius 3 is 2.95 bits per heavy atom. The highest BCUT2D eigenvalue weighted by Gasteiger charge is 2.12. The second-order valence-electron chi connectivity index (χ2n) is 4.62. The van der Waals surface area contributed by atoms with Gasteiger partial charge in [0.2, 0.25) is 0 Å². The van der Waals surface area contributed by atoms with Crippen molar-refractivity contribution in [3.05, 3.63) is 41.0 Å². The van der Waals surface area contributed by atoms with Crippen molar-refractivity contribution in [2.24, 2.45) is 0 Å². The molecule has 19 heavy (non-hydrogen) atoms. The number of fused-ring (bicyclic) bond motifs is 1. The van der Waals surface area contributed by atoms with E-state index in [1.165, 1.54) is 0 Å². The van der Waals surface area contributed by atoms with Crippen molar-refractivity contribution in [3.63, 3.8) is 0 Å². The number of rotatable bonds is 4. The van der Waals surface area contributed by atoms with Crippen molar-refractivity contribution < 1.29 is 4.79 Å². The minimum absolute atomic E-state index is 0.00262. The molecule has 3 nitrogen and oxygen atoms in total. The van der Waals surface area contributed by atoms with Crippen LogP contribution in [0.4, 0.5) is 0 Å². The summed E-state index contributed by atoms with van der Waals surface area (Å²) in [6.07, 6.45) is 3.68. The largest absolute Gasteiger partial charge is 0.342 e. The van der Waals surface area contributed by atoms with Gasteiger partial charge in [-0.25, -0.2) is 0 Å². The SMILES string of the molecule is CCCCN(C)C(=O)c1cnc2c(Cl)cccc2c1. The van der Waals surface area contributed by atoms with Gasteiger partial charge >= 0.3 is 0 Å². The Hall–Kier alpha value is -1.61. The van der Waals surface area contributed by atoms with Gasteiger partial charge < -0.3 is 4.90 Å². The van der Waals surface area contributed by atoms with E-state index in [0.717, 1.165) is 30.3 Å². The molecule has 1 heterocycles. The molecule has 4 heteroatoms. The average Bonchev–Trinajstić information content (AvgIpc) is 2.43. The highest BCUT2D eigenvalue weighted by Crippen LogP contribution is 2.22. The van der Waals surface area contributed by atoms with Crippen LogP contribution in [-0.2, 0) is 0 Å². The lowest BCUT2D eigenvalue weighted by Crippen LogP contribution is -2.27. The third-order valence-electron chi connectivity index (χ3n) is 3.10. The van der Waals surface area contributed by atoms with Gasteiger partial charge in [-0.1, -0.05) is 37.1 Å². The molecule has 0 fully saturated rings. The predicted octanol–water partition coefficient (Wildman–Crippen LogP) is 3.76. The Bertz CT molecular complexity index is 598. The number of carbonyl (C=O) groups excluding carboxylic acids is 1. The minimum atomic E-state index is 0.00262.